The molecule has 38 heavy (non-hydrogen) atoms. The molecule has 2 aromatic heterocycles. The Morgan fingerprint density at radius 2 is 1.97 bits per heavy atom. The van der Waals surface area contributed by atoms with Crippen LogP contribution in [-0.4, -0.2) is 31.9 Å². The summed E-state index contributed by atoms with van der Waals surface area (Å²) in [5.41, 5.74) is 1.88. The molecule has 1 fully saturated rings. The number of nitrogens with one attached hydrogen (secondary N) is 2. The number of methoxy groups -OCH3 is 1. The van der Waals surface area contributed by atoms with Crippen molar-refractivity contribution in [1.29, 1.82) is 0 Å². The number of rotatable bonds is 7. The molecule has 2 aromatic carbocycles. The Labute approximate surface area is 233 Å². The lowest BCUT2D eigenvalue weighted by atomic mass is 10.0. The molecule has 1 aliphatic heterocycles. The number of halogens is 2. The summed E-state index contributed by atoms with van der Waals surface area (Å²) < 4.78 is 53.4. The number of nitrogens with zero attached hydrogens (tertiary/aromatic N) is 2. The van der Waals surface area contributed by atoms with Crippen molar-refractivity contribution in [3.63, 3.8) is 0 Å². The molecule has 0 aliphatic carbocycles. The number of pyridine rings is 1. The van der Waals surface area contributed by atoms with E-state index in [1.807, 2.05) is 23.1 Å². The van der Waals surface area contributed by atoms with Gasteiger partial charge in [0.2, 0.25) is 10.0 Å². The zero-order valence-corrected chi connectivity index (χ0v) is 23.4. The van der Waals surface area contributed by atoms with Crippen LogP contribution in [0.5, 0.6) is 5.75 Å². The first-order valence-electron chi connectivity index (χ1n) is 11.4. The Morgan fingerprint density at radius 3 is 2.66 bits per heavy atom. The standard InChI is InChI=1S/C26H22BrFN4O4S2/c1-35-22-9-7-16(14-20(22)31-38(2,33)34)32-25(24(30-26(32)37)19-5-3-4-12-29-19)23-11-10-21(36-23)17-8-6-15(27)13-18(17)28/h3-14,24-25,31H,1-2H3,(H,30,37). The third-order valence-electron chi connectivity index (χ3n) is 5.97. The van der Waals surface area contributed by atoms with E-state index in [0.29, 0.717) is 38.1 Å². The number of ether oxygens (including phenoxy) is 1. The van der Waals surface area contributed by atoms with Crippen LogP contribution in [0, 0.1) is 5.82 Å². The van der Waals surface area contributed by atoms with Gasteiger partial charge in [0.05, 0.1) is 36.4 Å². The van der Waals surface area contributed by atoms with Gasteiger partial charge in [0.25, 0.3) is 0 Å². The molecule has 2 unspecified atom stereocenters. The maximum Gasteiger partial charge on any atom is 0.229 e. The molecule has 1 saturated heterocycles. The van der Waals surface area contributed by atoms with E-state index in [9.17, 15) is 12.8 Å². The lowest BCUT2D eigenvalue weighted by Gasteiger charge is -2.27. The minimum atomic E-state index is -3.58. The van der Waals surface area contributed by atoms with E-state index in [4.69, 9.17) is 21.4 Å². The average Bonchev–Trinajstić information content (AvgIpc) is 3.48. The van der Waals surface area contributed by atoms with E-state index in [-0.39, 0.29) is 5.69 Å². The van der Waals surface area contributed by atoms with Gasteiger partial charge in [0.15, 0.2) is 5.11 Å². The van der Waals surface area contributed by atoms with E-state index in [1.54, 1.807) is 48.7 Å². The van der Waals surface area contributed by atoms with E-state index in [2.05, 4.69) is 31.0 Å². The second-order valence-corrected chi connectivity index (χ2v) is 11.6. The third kappa shape index (κ3) is 5.24. The van der Waals surface area contributed by atoms with Gasteiger partial charge < -0.3 is 19.4 Å². The number of hydrogen-bond donors (Lipinski definition) is 2. The SMILES string of the molecule is COc1ccc(N2C(=S)NC(c3ccccn3)C2c2ccc(-c3ccc(Br)cc3F)o2)cc1NS(C)(=O)=O. The van der Waals surface area contributed by atoms with Crippen LogP contribution in [-0.2, 0) is 10.0 Å². The van der Waals surface area contributed by atoms with Crippen molar-refractivity contribution in [2.45, 2.75) is 12.1 Å². The zero-order chi connectivity index (χ0) is 27.0. The van der Waals surface area contributed by atoms with Crippen LogP contribution in [0.2, 0.25) is 0 Å². The first kappa shape index (κ1) is 26.1. The van der Waals surface area contributed by atoms with Crippen molar-refractivity contribution in [1.82, 2.24) is 10.3 Å². The maximum absolute atomic E-state index is 14.7. The van der Waals surface area contributed by atoms with Gasteiger partial charge in [-0.2, -0.15) is 0 Å². The topological polar surface area (TPSA) is 96.7 Å². The number of hydrogen-bond acceptors (Lipinski definition) is 6. The van der Waals surface area contributed by atoms with Gasteiger partial charge >= 0.3 is 0 Å². The Morgan fingerprint density at radius 1 is 1.16 bits per heavy atom. The molecule has 8 nitrogen and oxygen atoms in total. The summed E-state index contributed by atoms with van der Waals surface area (Å²) in [5, 5.41) is 3.70. The quantitative estimate of drug-likeness (QED) is 0.251. The van der Waals surface area contributed by atoms with Crippen LogP contribution in [0.25, 0.3) is 11.3 Å². The van der Waals surface area contributed by atoms with E-state index in [1.165, 1.54) is 13.2 Å². The largest absolute Gasteiger partial charge is 0.495 e. The Hall–Kier alpha value is -3.48. The normalized spacial score (nSPS) is 17.4. The molecule has 196 valence electrons. The number of benzene rings is 2. The van der Waals surface area contributed by atoms with Gasteiger partial charge in [0, 0.05) is 16.4 Å². The lowest BCUT2D eigenvalue weighted by molar-refractivity contribution is 0.416. The summed E-state index contributed by atoms with van der Waals surface area (Å²) in [6.45, 7) is 0. The average molecular weight is 618 g/mol. The van der Waals surface area contributed by atoms with E-state index in [0.717, 1.165) is 11.9 Å². The lowest BCUT2D eigenvalue weighted by Crippen LogP contribution is -2.29. The van der Waals surface area contributed by atoms with Gasteiger partial charge in [0.1, 0.15) is 29.1 Å². The smallest absolute Gasteiger partial charge is 0.229 e. The molecule has 5 rings (SSSR count). The second kappa shape index (κ2) is 10.4. The van der Waals surface area contributed by atoms with Gasteiger partial charge in [-0.05, 0) is 72.9 Å². The summed E-state index contributed by atoms with van der Waals surface area (Å²) in [4.78, 5) is 6.34. The Kier molecular flexibility index (Phi) is 7.12. The molecule has 2 N–H and O–H groups in total. The number of thiocarbonyl (C=S) groups is 1. The summed E-state index contributed by atoms with van der Waals surface area (Å²) in [6, 6.07) is 17.9. The minimum absolute atomic E-state index is 0.257. The van der Waals surface area contributed by atoms with Gasteiger partial charge in [-0.3, -0.25) is 9.71 Å². The summed E-state index contributed by atoms with van der Waals surface area (Å²) in [5.74, 6) is 0.793. The van der Waals surface area contributed by atoms with Gasteiger partial charge in [-0.25, -0.2) is 12.8 Å². The second-order valence-electron chi connectivity index (χ2n) is 8.58. The molecule has 4 aromatic rings. The van der Waals surface area contributed by atoms with Crippen LogP contribution in [0.4, 0.5) is 15.8 Å². The highest BCUT2D eigenvalue weighted by Crippen LogP contribution is 2.44. The third-order valence-corrected chi connectivity index (χ3v) is 7.37. The van der Waals surface area contributed by atoms with Gasteiger partial charge in [-0.15, -0.1) is 0 Å². The molecule has 0 bridgehead atoms. The van der Waals surface area contributed by atoms with Crippen molar-refractivity contribution in [3.8, 4) is 17.1 Å². The van der Waals surface area contributed by atoms with E-state index >= 15 is 0 Å². The Bertz CT molecular complexity index is 1610. The molecule has 3 heterocycles. The number of sulfonamides is 1. The Balaban J connectivity index is 1.62. The summed E-state index contributed by atoms with van der Waals surface area (Å²) in [7, 11) is -2.13. The highest BCUT2D eigenvalue weighted by Gasteiger charge is 2.43. The molecule has 1 aliphatic rings. The molecule has 0 saturated carbocycles. The van der Waals surface area contributed by atoms with Crippen LogP contribution in [0.1, 0.15) is 23.5 Å². The van der Waals surface area contributed by atoms with Crippen molar-refractivity contribution in [3.05, 3.63) is 94.7 Å². The summed E-state index contributed by atoms with van der Waals surface area (Å²) in [6.07, 6.45) is 2.75. The minimum Gasteiger partial charge on any atom is -0.495 e. The fourth-order valence-electron chi connectivity index (χ4n) is 4.39. The monoisotopic (exact) mass is 616 g/mol. The number of furan rings is 1. The highest BCUT2D eigenvalue weighted by atomic mass is 79.9. The molecule has 12 heteroatoms. The van der Waals surface area contributed by atoms with Crippen LogP contribution in [0.3, 0.4) is 0 Å². The van der Waals surface area contributed by atoms with Gasteiger partial charge in [-0.1, -0.05) is 22.0 Å². The van der Waals surface area contributed by atoms with Crippen molar-refractivity contribution in [2.75, 3.05) is 23.0 Å². The fraction of sp³-hybridized carbons (Fsp3) is 0.154. The number of anilines is 2. The van der Waals surface area contributed by atoms with Crippen molar-refractivity contribution in [2.24, 2.45) is 0 Å². The van der Waals surface area contributed by atoms with E-state index < -0.39 is 27.9 Å². The molecule has 2 atom stereocenters. The predicted octanol–water partition coefficient (Wildman–Crippen LogP) is 5.80. The molecule has 0 radical (unpaired) electrons. The van der Waals surface area contributed by atoms with Crippen LogP contribution in [0.15, 0.2) is 81.8 Å². The highest BCUT2D eigenvalue weighted by molar-refractivity contribution is 9.10. The zero-order valence-electron chi connectivity index (χ0n) is 20.2. The van der Waals surface area contributed by atoms with Crippen LogP contribution >= 0.6 is 28.1 Å². The maximum atomic E-state index is 14.7. The molecular weight excluding hydrogens is 595 g/mol. The fourth-order valence-corrected chi connectivity index (χ4v) is 5.63. The molecule has 0 amide bonds. The summed E-state index contributed by atoms with van der Waals surface area (Å²) >= 11 is 9.01. The first-order chi connectivity index (χ1) is 18.1. The molecular formula is C26H22BrFN4O4S2. The van der Waals surface area contributed by atoms with Crippen LogP contribution < -0.4 is 19.7 Å². The number of aromatic nitrogens is 1. The molecule has 0 spiro atoms. The predicted molar refractivity (Wildman–Crippen MR) is 151 cm³/mol. The van der Waals surface area contributed by atoms with Crippen molar-refractivity contribution < 1.29 is 22.0 Å². The van der Waals surface area contributed by atoms with Crippen molar-refractivity contribution >= 4 is 54.7 Å². The first-order valence-corrected chi connectivity index (χ1v) is 14.5.